The van der Waals surface area contributed by atoms with Gasteiger partial charge in [0.2, 0.25) is 10.0 Å². The largest absolute Gasteiger partial charge is 0.313 e. The van der Waals surface area contributed by atoms with Crippen LogP contribution in [-0.2, 0) is 10.0 Å². The third-order valence-electron chi connectivity index (χ3n) is 4.16. The summed E-state index contributed by atoms with van der Waals surface area (Å²) in [6.07, 6.45) is 4.73. The summed E-state index contributed by atoms with van der Waals surface area (Å²) in [7, 11) is -1.48. The van der Waals surface area contributed by atoms with E-state index >= 15 is 0 Å². The fraction of sp³-hybridized carbons (Fsp3) is 0.600. The molecule has 4 nitrogen and oxygen atoms in total. The van der Waals surface area contributed by atoms with Crippen LogP contribution in [0.5, 0.6) is 0 Å². The van der Waals surface area contributed by atoms with Gasteiger partial charge in [-0.15, -0.1) is 0 Å². The Balaban J connectivity index is 2.01. The topological polar surface area (TPSA) is 58.2 Å². The molecule has 1 aliphatic carbocycles. The average Bonchev–Trinajstić information content (AvgIpc) is 2.98. The number of rotatable bonds is 6. The van der Waals surface area contributed by atoms with Gasteiger partial charge >= 0.3 is 0 Å². The van der Waals surface area contributed by atoms with Crippen LogP contribution < -0.4 is 10.0 Å². The lowest BCUT2D eigenvalue weighted by atomic mass is 10.1. The number of nitrogens with one attached hydrogen (secondary N) is 2. The standard InChI is InChI=1S/C15H24N2O2S/c1-12(16-2)14-7-9-15(10-8-14)20(18,19)17-11-13-5-3-4-6-13/h7-10,12-13,16-17H,3-6,11H2,1-2H3. The van der Waals surface area contributed by atoms with E-state index in [9.17, 15) is 8.42 Å². The quantitative estimate of drug-likeness (QED) is 0.847. The zero-order chi connectivity index (χ0) is 14.6. The first-order chi connectivity index (χ1) is 9.53. The van der Waals surface area contributed by atoms with Gasteiger partial charge in [0.15, 0.2) is 0 Å². The summed E-state index contributed by atoms with van der Waals surface area (Å²) in [6.45, 7) is 2.61. The van der Waals surface area contributed by atoms with E-state index in [1.54, 1.807) is 12.1 Å². The Bertz CT molecular complexity index is 519. The van der Waals surface area contributed by atoms with Crippen LogP contribution in [0, 0.1) is 5.92 Å². The van der Waals surface area contributed by atoms with Crippen molar-refractivity contribution in [3.63, 3.8) is 0 Å². The van der Waals surface area contributed by atoms with Crippen LogP contribution in [0.2, 0.25) is 0 Å². The van der Waals surface area contributed by atoms with E-state index in [0.717, 1.165) is 18.4 Å². The molecule has 1 aromatic rings. The van der Waals surface area contributed by atoms with Crippen molar-refractivity contribution in [2.75, 3.05) is 13.6 Å². The lowest BCUT2D eigenvalue weighted by molar-refractivity contribution is 0.519. The molecule has 0 heterocycles. The van der Waals surface area contributed by atoms with Crippen LogP contribution in [0.3, 0.4) is 0 Å². The van der Waals surface area contributed by atoms with Gasteiger partial charge < -0.3 is 5.32 Å². The number of sulfonamides is 1. The van der Waals surface area contributed by atoms with Gasteiger partial charge in [-0.1, -0.05) is 25.0 Å². The molecule has 1 saturated carbocycles. The van der Waals surface area contributed by atoms with E-state index in [1.165, 1.54) is 12.8 Å². The van der Waals surface area contributed by atoms with Crippen molar-refractivity contribution in [3.8, 4) is 0 Å². The SMILES string of the molecule is CNC(C)c1ccc(S(=O)(=O)NCC2CCCC2)cc1. The van der Waals surface area contributed by atoms with Gasteiger partial charge in [0.1, 0.15) is 0 Å². The molecule has 2 N–H and O–H groups in total. The highest BCUT2D eigenvalue weighted by molar-refractivity contribution is 7.89. The Labute approximate surface area is 122 Å². The fourth-order valence-corrected chi connectivity index (χ4v) is 3.74. The van der Waals surface area contributed by atoms with Crippen molar-refractivity contribution in [2.24, 2.45) is 5.92 Å². The Hall–Kier alpha value is -0.910. The molecular formula is C15H24N2O2S. The summed E-state index contributed by atoms with van der Waals surface area (Å²) in [5.41, 5.74) is 1.09. The van der Waals surface area contributed by atoms with Crippen molar-refractivity contribution in [1.29, 1.82) is 0 Å². The minimum atomic E-state index is -3.37. The van der Waals surface area contributed by atoms with Crippen LogP contribution in [0.25, 0.3) is 0 Å². The van der Waals surface area contributed by atoms with Crippen LogP contribution in [0.4, 0.5) is 0 Å². The van der Waals surface area contributed by atoms with E-state index in [-0.39, 0.29) is 6.04 Å². The average molecular weight is 296 g/mol. The molecule has 0 saturated heterocycles. The van der Waals surface area contributed by atoms with Crippen LogP contribution in [0.1, 0.15) is 44.2 Å². The lowest BCUT2D eigenvalue weighted by Gasteiger charge is -2.13. The molecule has 1 unspecified atom stereocenters. The third-order valence-corrected chi connectivity index (χ3v) is 5.60. The molecule has 2 rings (SSSR count). The molecule has 0 amide bonds. The Morgan fingerprint density at radius 1 is 1.20 bits per heavy atom. The van der Waals surface area contributed by atoms with Crippen molar-refractivity contribution >= 4 is 10.0 Å². The normalized spacial score (nSPS) is 18.3. The van der Waals surface area contributed by atoms with Crippen LogP contribution in [0.15, 0.2) is 29.2 Å². The monoisotopic (exact) mass is 296 g/mol. The summed E-state index contributed by atoms with van der Waals surface area (Å²) in [4.78, 5) is 0.350. The van der Waals surface area contributed by atoms with E-state index < -0.39 is 10.0 Å². The van der Waals surface area contributed by atoms with E-state index in [4.69, 9.17) is 0 Å². The van der Waals surface area contributed by atoms with E-state index in [1.807, 2.05) is 26.1 Å². The first kappa shape index (κ1) is 15.5. The van der Waals surface area contributed by atoms with Gasteiger partial charge in [-0.2, -0.15) is 0 Å². The second kappa shape index (κ2) is 6.70. The smallest absolute Gasteiger partial charge is 0.240 e. The maximum atomic E-state index is 12.2. The minimum absolute atomic E-state index is 0.221. The molecule has 20 heavy (non-hydrogen) atoms. The van der Waals surface area contributed by atoms with Crippen molar-refractivity contribution in [3.05, 3.63) is 29.8 Å². The predicted octanol–water partition coefficient (Wildman–Crippen LogP) is 2.44. The first-order valence-corrected chi connectivity index (χ1v) is 8.78. The Morgan fingerprint density at radius 3 is 2.35 bits per heavy atom. The molecule has 0 spiro atoms. The van der Waals surface area contributed by atoms with Gasteiger partial charge in [-0.05, 0) is 50.4 Å². The van der Waals surface area contributed by atoms with Gasteiger partial charge in [0.25, 0.3) is 0 Å². The highest BCUT2D eigenvalue weighted by atomic mass is 32.2. The summed E-state index contributed by atoms with van der Waals surface area (Å²) >= 11 is 0. The molecular weight excluding hydrogens is 272 g/mol. The fourth-order valence-electron chi connectivity index (χ4n) is 2.63. The summed E-state index contributed by atoms with van der Waals surface area (Å²) in [5.74, 6) is 0.508. The summed E-state index contributed by atoms with van der Waals surface area (Å²) in [6, 6.07) is 7.31. The molecule has 1 atom stereocenters. The molecule has 0 aromatic heterocycles. The number of benzene rings is 1. The summed E-state index contributed by atoms with van der Waals surface area (Å²) in [5, 5.41) is 3.14. The molecule has 0 bridgehead atoms. The number of hydrogen-bond acceptors (Lipinski definition) is 3. The number of hydrogen-bond donors (Lipinski definition) is 2. The molecule has 1 aromatic carbocycles. The second-order valence-corrected chi connectivity index (χ2v) is 7.35. The van der Waals surface area contributed by atoms with Gasteiger partial charge in [-0.3, -0.25) is 0 Å². The van der Waals surface area contributed by atoms with E-state index in [2.05, 4.69) is 10.0 Å². The molecule has 0 radical (unpaired) electrons. The van der Waals surface area contributed by atoms with E-state index in [0.29, 0.717) is 17.4 Å². The predicted molar refractivity (Wildman–Crippen MR) is 81.1 cm³/mol. The lowest BCUT2D eigenvalue weighted by Crippen LogP contribution is -2.28. The molecule has 0 aliphatic heterocycles. The molecule has 1 aliphatic rings. The Morgan fingerprint density at radius 2 is 1.80 bits per heavy atom. The zero-order valence-corrected chi connectivity index (χ0v) is 13.0. The highest BCUT2D eigenvalue weighted by Crippen LogP contribution is 2.24. The minimum Gasteiger partial charge on any atom is -0.313 e. The zero-order valence-electron chi connectivity index (χ0n) is 12.2. The Kier molecular flexibility index (Phi) is 5.18. The van der Waals surface area contributed by atoms with Gasteiger partial charge in [-0.25, -0.2) is 13.1 Å². The van der Waals surface area contributed by atoms with Crippen LogP contribution in [-0.4, -0.2) is 22.0 Å². The second-order valence-electron chi connectivity index (χ2n) is 5.58. The maximum absolute atomic E-state index is 12.2. The molecule has 5 heteroatoms. The van der Waals surface area contributed by atoms with Crippen molar-refractivity contribution < 1.29 is 8.42 Å². The highest BCUT2D eigenvalue weighted by Gasteiger charge is 2.19. The van der Waals surface area contributed by atoms with Crippen molar-refractivity contribution in [1.82, 2.24) is 10.0 Å². The van der Waals surface area contributed by atoms with Gasteiger partial charge in [0.05, 0.1) is 4.90 Å². The van der Waals surface area contributed by atoms with Crippen molar-refractivity contribution in [2.45, 2.75) is 43.5 Å². The van der Waals surface area contributed by atoms with Crippen LogP contribution >= 0.6 is 0 Å². The maximum Gasteiger partial charge on any atom is 0.240 e. The third kappa shape index (κ3) is 3.81. The molecule has 1 fully saturated rings. The molecule has 112 valence electrons. The first-order valence-electron chi connectivity index (χ1n) is 7.30. The van der Waals surface area contributed by atoms with Gasteiger partial charge in [0, 0.05) is 12.6 Å². The summed E-state index contributed by atoms with van der Waals surface area (Å²) < 4.78 is 27.2.